The fraction of sp³-hybridized carbons (Fsp3) is 0.143. The van der Waals surface area contributed by atoms with Gasteiger partial charge in [-0.1, -0.05) is 11.6 Å². The van der Waals surface area contributed by atoms with Crippen LogP contribution in [-0.2, 0) is 6.54 Å². The highest BCUT2D eigenvalue weighted by atomic mass is 79.9. The van der Waals surface area contributed by atoms with Crippen LogP contribution in [0.5, 0.6) is 0 Å². The van der Waals surface area contributed by atoms with Gasteiger partial charge in [0.2, 0.25) is 0 Å². The van der Waals surface area contributed by atoms with Gasteiger partial charge in [0.05, 0.1) is 5.69 Å². The second-order valence-corrected chi connectivity index (χ2v) is 5.82. The van der Waals surface area contributed by atoms with E-state index in [0.717, 1.165) is 27.1 Å². The zero-order chi connectivity index (χ0) is 14.1. The first-order valence-electron chi connectivity index (χ1n) is 6.12. The lowest BCUT2D eigenvalue weighted by atomic mass is 10.3. The van der Waals surface area contributed by atoms with E-state index < -0.39 is 0 Å². The monoisotopic (exact) mass is 350 g/mol. The Morgan fingerprint density at radius 2 is 2.20 bits per heavy atom. The smallest absolute Gasteiger partial charge is 0.155 e. The van der Waals surface area contributed by atoms with Crippen molar-refractivity contribution in [2.75, 3.05) is 5.32 Å². The minimum Gasteiger partial charge on any atom is -0.380 e. The second kappa shape index (κ2) is 5.42. The van der Waals surface area contributed by atoms with E-state index in [1.165, 1.54) is 0 Å². The molecule has 0 aliphatic rings. The molecule has 0 radical (unpaired) electrons. The third-order valence-corrected chi connectivity index (χ3v) is 3.79. The minimum absolute atomic E-state index is 0.669. The van der Waals surface area contributed by atoms with Gasteiger partial charge in [0.1, 0.15) is 0 Å². The van der Waals surface area contributed by atoms with Crippen LogP contribution in [0.2, 0.25) is 5.02 Å². The van der Waals surface area contributed by atoms with Gasteiger partial charge < -0.3 is 5.32 Å². The quantitative estimate of drug-likeness (QED) is 0.773. The molecule has 20 heavy (non-hydrogen) atoms. The van der Waals surface area contributed by atoms with E-state index in [1.807, 2.05) is 43.6 Å². The Kier molecular flexibility index (Phi) is 3.63. The number of nitrogens with zero attached hydrogens (tertiary/aromatic N) is 3. The zero-order valence-corrected chi connectivity index (χ0v) is 13.1. The molecule has 0 spiro atoms. The lowest BCUT2D eigenvalue weighted by molar-refractivity contribution is 0.895. The molecule has 2 aromatic heterocycles. The zero-order valence-electron chi connectivity index (χ0n) is 10.8. The molecule has 1 aromatic carbocycles. The van der Waals surface area contributed by atoms with Crippen molar-refractivity contribution in [2.45, 2.75) is 13.5 Å². The van der Waals surface area contributed by atoms with Crippen molar-refractivity contribution in [3.8, 4) is 0 Å². The van der Waals surface area contributed by atoms with Crippen molar-refractivity contribution >= 4 is 38.9 Å². The van der Waals surface area contributed by atoms with E-state index in [-0.39, 0.29) is 0 Å². The maximum Gasteiger partial charge on any atom is 0.155 e. The predicted octanol–water partition coefficient (Wildman–Crippen LogP) is 4.07. The van der Waals surface area contributed by atoms with Crippen LogP contribution in [0.1, 0.15) is 11.3 Å². The Balaban J connectivity index is 1.79. The number of aromatic nitrogens is 3. The first-order valence-corrected chi connectivity index (χ1v) is 7.29. The second-order valence-electron chi connectivity index (χ2n) is 4.53. The molecule has 0 saturated carbocycles. The number of hydrogen-bond acceptors (Lipinski definition) is 3. The number of nitrogens with one attached hydrogen (secondary N) is 1. The minimum atomic E-state index is 0.669. The van der Waals surface area contributed by atoms with E-state index in [4.69, 9.17) is 11.6 Å². The van der Waals surface area contributed by atoms with Crippen LogP contribution < -0.4 is 5.32 Å². The molecule has 0 bridgehead atoms. The van der Waals surface area contributed by atoms with Crippen molar-refractivity contribution in [1.82, 2.24) is 14.6 Å². The Hall–Kier alpha value is -1.59. The first kappa shape index (κ1) is 13.4. The summed E-state index contributed by atoms with van der Waals surface area (Å²) in [6, 6.07) is 7.61. The molecule has 4 nitrogen and oxygen atoms in total. The molecule has 0 amide bonds. The van der Waals surface area contributed by atoms with Crippen molar-refractivity contribution in [2.24, 2.45) is 0 Å². The summed E-state index contributed by atoms with van der Waals surface area (Å²) in [5, 5.41) is 8.40. The van der Waals surface area contributed by atoms with Crippen molar-refractivity contribution in [3.63, 3.8) is 0 Å². The molecular weight excluding hydrogens is 340 g/mol. The average molecular weight is 352 g/mol. The van der Waals surface area contributed by atoms with Crippen LogP contribution >= 0.6 is 27.5 Å². The van der Waals surface area contributed by atoms with Gasteiger partial charge in [-0.25, -0.2) is 9.50 Å². The lowest BCUT2D eigenvalue weighted by Gasteiger charge is -2.08. The summed E-state index contributed by atoms with van der Waals surface area (Å²) < 4.78 is 2.73. The van der Waals surface area contributed by atoms with E-state index >= 15 is 0 Å². The molecule has 0 saturated heterocycles. The average Bonchev–Trinajstić information content (AvgIpc) is 2.77. The van der Waals surface area contributed by atoms with Gasteiger partial charge in [-0.15, -0.1) is 0 Å². The Labute approximate surface area is 129 Å². The fourth-order valence-electron chi connectivity index (χ4n) is 1.96. The highest BCUT2D eigenvalue weighted by molar-refractivity contribution is 9.10. The van der Waals surface area contributed by atoms with Crippen LogP contribution in [0.4, 0.5) is 5.69 Å². The van der Waals surface area contributed by atoms with E-state index in [1.54, 1.807) is 4.52 Å². The van der Waals surface area contributed by atoms with Gasteiger partial charge in [0.15, 0.2) is 5.65 Å². The molecule has 0 aliphatic heterocycles. The normalized spacial score (nSPS) is 10.9. The molecular formula is C14H12BrClN4. The molecule has 0 unspecified atom stereocenters. The largest absolute Gasteiger partial charge is 0.380 e. The van der Waals surface area contributed by atoms with E-state index in [0.29, 0.717) is 11.6 Å². The Morgan fingerprint density at radius 1 is 1.35 bits per heavy atom. The molecule has 2 heterocycles. The number of benzene rings is 1. The van der Waals surface area contributed by atoms with Crippen LogP contribution in [-0.4, -0.2) is 14.6 Å². The summed E-state index contributed by atoms with van der Waals surface area (Å²) >= 11 is 9.41. The van der Waals surface area contributed by atoms with Crippen molar-refractivity contribution < 1.29 is 0 Å². The van der Waals surface area contributed by atoms with Gasteiger partial charge in [-0.2, -0.15) is 5.10 Å². The summed E-state index contributed by atoms with van der Waals surface area (Å²) in [6.07, 6.45) is 3.83. The van der Waals surface area contributed by atoms with Gasteiger partial charge >= 0.3 is 0 Å². The topological polar surface area (TPSA) is 42.2 Å². The number of rotatable bonds is 3. The molecule has 0 aliphatic carbocycles. The fourth-order valence-corrected chi connectivity index (χ4v) is 2.78. The maximum absolute atomic E-state index is 5.92. The summed E-state index contributed by atoms with van der Waals surface area (Å²) in [5.41, 5.74) is 3.87. The van der Waals surface area contributed by atoms with E-state index in [2.05, 4.69) is 31.3 Å². The van der Waals surface area contributed by atoms with Crippen molar-refractivity contribution in [1.29, 1.82) is 0 Å². The van der Waals surface area contributed by atoms with Crippen molar-refractivity contribution in [3.05, 3.63) is 57.4 Å². The SMILES string of the molecule is Cc1cc2ncc(CNc3ccc(Cl)cc3Br)cn2n1. The number of anilines is 1. The van der Waals surface area contributed by atoms with Crippen LogP contribution in [0.3, 0.4) is 0 Å². The molecule has 6 heteroatoms. The number of hydrogen-bond donors (Lipinski definition) is 1. The summed E-state index contributed by atoms with van der Waals surface area (Å²) in [5.74, 6) is 0. The number of aryl methyl sites for hydroxylation is 1. The van der Waals surface area contributed by atoms with Gasteiger partial charge in [-0.3, -0.25) is 0 Å². The molecule has 102 valence electrons. The molecule has 0 fully saturated rings. The number of fused-ring (bicyclic) bond motifs is 1. The van der Waals surface area contributed by atoms with Crippen LogP contribution in [0, 0.1) is 6.92 Å². The van der Waals surface area contributed by atoms with Gasteiger partial charge in [0.25, 0.3) is 0 Å². The van der Waals surface area contributed by atoms with Gasteiger partial charge in [0, 0.05) is 45.8 Å². The van der Waals surface area contributed by atoms with Crippen LogP contribution in [0.25, 0.3) is 5.65 Å². The van der Waals surface area contributed by atoms with Crippen LogP contribution in [0.15, 0.2) is 41.1 Å². The highest BCUT2D eigenvalue weighted by Gasteiger charge is 2.03. The number of halogens is 2. The third-order valence-electron chi connectivity index (χ3n) is 2.90. The molecule has 3 rings (SSSR count). The maximum atomic E-state index is 5.92. The van der Waals surface area contributed by atoms with E-state index in [9.17, 15) is 0 Å². The van der Waals surface area contributed by atoms with Gasteiger partial charge in [-0.05, 0) is 41.1 Å². The molecule has 3 aromatic rings. The Morgan fingerprint density at radius 3 is 3.00 bits per heavy atom. The summed E-state index contributed by atoms with van der Waals surface area (Å²) in [6.45, 7) is 2.62. The highest BCUT2D eigenvalue weighted by Crippen LogP contribution is 2.26. The standard InChI is InChI=1S/C14H12BrClN4/c1-9-4-14-18-7-10(8-20(14)19-9)6-17-13-3-2-11(16)5-12(13)15/h2-5,7-8,17H,6H2,1H3. The molecule has 1 N–H and O–H groups in total. The summed E-state index contributed by atoms with van der Waals surface area (Å²) in [4.78, 5) is 4.38. The third kappa shape index (κ3) is 2.78. The lowest BCUT2D eigenvalue weighted by Crippen LogP contribution is -2.02. The summed E-state index contributed by atoms with van der Waals surface area (Å²) in [7, 11) is 0. The molecule has 0 atom stereocenters. The Bertz CT molecular complexity index is 769. The first-order chi connectivity index (χ1) is 9.61. The predicted molar refractivity (Wildman–Crippen MR) is 84.2 cm³/mol.